The molecule has 2 heterocycles. The molecule has 1 aliphatic heterocycles. The highest BCUT2D eigenvalue weighted by Gasteiger charge is 2.21. The van der Waals surface area contributed by atoms with Crippen molar-refractivity contribution in [2.75, 3.05) is 19.6 Å². The van der Waals surface area contributed by atoms with Crippen LogP contribution in [0.25, 0.3) is 11.0 Å². The number of aliphatic imine (C=N–C) groups is 1. The zero-order chi connectivity index (χ0) is 22.3. The Labute approximate surface area is 214 Å². The highest BCUT2D eigenvalue weighted by Crippen LogP contribution is 2.15. The largest absolute Gasteiger partial charge is 0.357 e. The lowest BCUT2D eigenvalue weighted by molar-refractivity contribution is 0.167. The molecule has 1 aromatic heterocycles. The third-order valence-corrected chi connectivity index (χ3v) is 6.27. The molecule has 178 valence electrons. The van der Waals surface area contributed by atoms with Crippen molar-refractivity contribution in [3.8, 4) is 0 Å². The van der Waals surface area contributed by atoms with Gasteiger partial charge in [-0.05, 0) is 56.9 Å². The van der Waals surface area contributed by atoms with Gasteiger partial charge in [-0.1, -0.05) is 36.4 Å². The van der Waals surface area contributed by atoms with Crippen LogP contribution in [0.1, 0.15) is 44.7 Å². The van der Waals surface area contributed by atoms with Gasteiger partial charge in [-0.25, -0.2) is 9.98 Å². The first-order valence-corrected chi connectivity index (χ1v) is 11.9. The number of rotatable bonds is 7. The van der Waals surface area contributed by atoms with E-state index in [-0.39, 0.29) is 24.0 Å². The Kier molecular flexibility index (Phi) is 9.55. The highest BCUT2D eigenvalue weighted by atomic mass is 127. The number of nitrogens with one attached hydrogen (secondary N) is 2. The molecule has 7 heteroatoms. The van der Waals surface area contributed by atoms with Gasteiger partial charge in [0.1, 0.15) is 0 Å². The summed E-state index contributed by atoms with van der Waals surface area (Å²) in [4.78, 5) is 11.9. The van der Waals surface area contributed by atoms with Crippen LogP contribution in [0.4, 0.5) is 0 Å². The van der Waals surface area contributed by atoms with Crippen LogP contribution >= 0.6 is 24.0 Å². The van der Waals surface area contributed by atoms with Gasteiger partial charge < -0.3 is 20.1 Å². The maximum absolute atomic E-state index is 4.84. The number of aromatic nitrogens is 2. The summed E-state index contributed by atoms with van der Waals surface area (Å²) in [6.45, 7) is 11.4. The van der Waals surface area contributed by atoms with Crippen LogP contribution in [0.2, 0.25) is 0 Å². The van der Waals surface area contributed by atoms with Crippen LogP contribution in [0.5, 0.6) is 0 Å². The van der Waals surface area contributed by atoms with Crippen molar-refractivity contribution in [1.82, 2.24) is 25.1 Å². The molecule has 3 aromatic rings. The quantitative estimate of drug-likeness (QED) is 0.252. The molecule has 0 aliphatic carbocycles. The van der Waals surface area contributed by atoms with E-state index < -0.39 is 0 Å². The molecule has 0 radical (unpaired) electrons. The van der Waals surface area contributed by atoms with Crippen LogP contribution < -0.4 is 10.6 Å². The first-order valence-electron chi connectivity index (χ1n) is 11.9. The van der Waals surface area contributed by atoms with Gasteiger partial charge in [0.25, 0.3) is 0 Å². The number of fused-ring (bicyclic) bond motifs is 1. The summed E-state index contributed by atoms with van der Waals surface area (Å²) in [5.41, 5.74) is 4.69. The minimum Gasteiger partial charge on any atom is -0.357 e. The number of hydrogen-bond acceptors (Lipinski definition) is 3. The standard InChI is InChI=1S/C26H36N6.HI/c1-4-27-26(30-23-13-15-31(16-14-23)20(2)3)28-17-21-9-11-22(12-10-21)18-32-19-29-24-7-5-6-8-25(24)32;/h5-12,19-20,23H,4,13-18H2,1-3H3,(H2,27,28,30);1H. The molecular formula is C26H37IN6. The number of nitrogens with zero attached hydrogens (tertiary/aromatic N) is 4. The van der Waals surface area contributed by atoms with Crippen LogP contribution in [-0.2, 0) is 13.1 Å². The monoisotopic (exact) mass is 560 g/mol. The number of benzene rings is 2. The van der Waals surface area contributed by atoms with Crippen molar-refractivity contribution >= 4 is 41.0 Å². The van der Waals surface area contributed by atoms with E-state index >= 15 is 0 Å². The number of halogens is 1. The third-order valence-electron chi connectivity index (χ3n) is 6.27. The molecule has 0 bridgehead atoms. The van der Waals surface area contributed by atoms with E-state index in [0.717, 1.165) is 37.7 Å². The van der Waals surface area contributed by atoms with Crippen molar-refractivity contribution in [3.63, 3.8) is 0 Å². The summed E-state index contributed by atoms with van der Waals surface area (Å²) in [5.74, 6) is 0.921. The summed E-state index contributed by atoms with van der Waals surface area (Å²) in [5, 5.41) is 7.05. The molecule has 0 saturated carbocycles. The number of imidazole rings is 1. The lowest BCUT2D eigenvalue weighted by Crippen LogP contribution is -2.49. The fourth-order valence-corrected chi connectivity index (χ4v) is 4.33. The van der Waals surface area contributed by atoms with Gasteiger partial charge in [0.2, 0.25) is 0 Å². The number of guanidine groups is 1. The van der Waals surface area contributed by atoms with E-state index in [2.05, 4.69) is 88.3 Å². The van der Waals surface area contributed by atoms with Gasteiger partial charge in [-0.2, -0.15) is 0 Å². The summed E-state index contributed by atoms with van der Waals surface area (Å²) in [7, 11) is 0. The Bertz CT molecular complexity index is 1020. The van der Waals surface area contributed by atoms with Crippen molar-refractivity contribution in [3.05, 3.63) is 66.0 Å². The number of piperidine rings is 1. The lowest BCUT2D eigenvalue weighted by atomic mass is 10.0. The molecule has 6 nitrogen and oxygen atoms in total. The van der Waals surface area contributed by atoms with Crippen LogP contribution in [-0.4, -0.2) is 52.1 Å². The second-order valence-electron chi connectivity index (χ2n) is 8.92. The molecular weight excluding hydrogens is 523 g/mol. The summed E-state index contributed by atoms with van der Waals surface area (Å²) in [6, 6.07) is 18.1. The smallest absolute Gasteiger partial charge is 0.191 e. The Morgan fingerprint density at radius 3 is 2.45 bits per heavy atom. The molecule has 1 saturated heterocycles. The Balaban J connectivity index is 0.00000306. The minimum atomic E-state index is 0. The van der Waals surface area contributed by atoms with Crippen LogP contribution in [0.15, 0.2) is 59.9 Å². The van der Waals surface area contributed by atoms with Crippen molar-refractivity contribution in [1.29, 1.82) is 0 Å². The van der Waals surface area contributed by atoms with Crippen molar-refractivity contribution in [2.24, 2.45) is 4.99 Å². The molecule has 0 amide bonds. The molecule has 33 heavy (non-hydrogen) atoms. The molecule has 4 rings (SSSR count). The lowest BCUT2D eigenvalue weighted by Gasteiger charge is -2.35. The molecule has 2 aromatic carbocycles. The first-order chi connectivity index (χ1) is 15.6. The minimum absolute atomic E-state index is 0. The average molecular weight is 561 g/mol. The summed E-state index contributed by atoms with van der Waals surface area (Å²) < 4.78 is 2.19. The maximum Gasteiger partial charge on any atom is 0.191 e. The van der Waals surface area contributed by atoms with Gasteiger partial charge in [-0.15, -0.1) is 24.0 Å². The van der Waals surface area contributed by atoms with Gasteiger partial charge >= 0.3 is 0 Å². The van der Waals surface area contributed by atoms with E-state index in [4.69, 9.17) is 4.99 Å². The van der Waals surface area contributed by atoms with E-state index in [1.54, 1.807) is 0 Å². The van der Waals surface area contributed by atoms with E-state index in [1.165, 1.54) is 29.5 Å². The van der Waals surface area contributed by atoms with Crippen molar-refractivity contribution in [2.45, 2.75) is 58.8 Å². The van der Waals surface area contributed by atoms with Gasteiger partial charge in [-0.3, -0.25) is 0 Å². The zero-order valence-electron chi connectivity index (χ0n) is 20.0. The predicted molar refractivity (Wildman–Crippen MR) is 148 cm³/mol. The molecule has 0 spiro atoms. The van der Waals surface area contributed by atoms with Gasteiger partial charge in [0, 0.05) is 38.3 Å². The number of likely N-dealkylation sites (tertiary alicyclic amines) is 1. The predicted octanol–water partition coefficient (Wildman–Crippen LogP) is 4.63. The molecule has 0 atom stereocenters. The average Bonchev–Trinajstić information content (AvgIpc) is 3.22. The molecule has 1 aliphatic rings. The fourth-order valence-electron chi connectivity index (χ4n) is 4.33. The normalized spacial score (nSPS) is 15.6. The summed E-state index contributed by atoms with van der Waals surface area (Å²) >= 11 is 0. The Morgan fingerprint density at radius 1 is 1.06 bits per heavy atom. The maximum atomic E-state index is 4.84. The Morgan fingerprint density at radius 2 is 1.76 bits per heavy atom. The highest BCUT2D eigenvalue weighted by molar-refractivity contribution is 14.0. The first kappa shape index (κ1) is 25.5. The fraction of sp³-hybridized carbons (Fsp3) is 0.462. The SMILES string of the molecule is CCNC(=NCc1ccc(Cn2cnc3ccccc32)cc1)NC1CCN(C(C)C)CC1.I. The zero-order valence-corrected chi connectivity index (χ0v) is 22.3. The second-order valence-corrected chi connectivity index (χ2v) is 8.92. The Hall–Kier alpha value is -2.13. The number of para-hydroxylation sites is 2. The number of hydrogen-bond donors (Lipinski definition) is 2. The third kappa shape index (κ3) is 6.93. The topological polar surface area (TPSA) is 57.5 Å². The molecule has 1 fully saturated rings. The van der Waals surface area contributed by atoms with Crippen LogP contribution in [0.3, 0.4) is 0 Å². The van der Waals surface area contributed by atoms with Crippen LogP contribution in [0, 0.1) is 0 Å². The van der Waals surface area contributed by atoms with E-state index in [1.807, 2.05) is 12.4 Å². The van der Waals surface area contributed by atoms with E-state index in [0.29, 0.717) is 18.6 Å². The second kappa shape index (κ2) is 12.4. The van der Waals surface area contributed by atoms with Gasteiger partial charge in [0.15, 0.2) is 5.96 Å². The van der Waals surface area contributed by atoms with Crippen molar-refractivity contribution < 1.29 is 0 Å². The molecule has 2 N–H and O–H groups in total. The van der Waals surface area contributed by atoms with Gasteiger partial charge in [0.05, 0.1) is 23.9 Å². The summed E-state index contributed by atoms with van der Waals surface area (Å²) in [6.07, 6.45) is 4.25. The van der Waals surface area contributed by atoms with E-state index in [9.17, 15) is 0 Å². The molecule has 0 unspecified atom stereocenters.